The molecule has 2 heteroatoms. The van der Waals surface area contributed by atoms with Gasteiger partial charge in [0.05, 0.1) is 6.04 Å². The summed E-state index contributed by atoms with van der Waals surface area (Å²) in [6.45, 7) is 0. The fourth-order valence-corrected chi connectivity index (χ4v) is 2.43. The normalized spacial score (nSPS) is 29.0. The van der Waals surface area contributed by atoms with Gasteiger partial charge in [0, 0.05) is 6.42 Å². The van der Waals surface area contributed by atoms with Crippen molar-refractivity contribution in [3.8, 4) is 0 Å². The lowest BCUT2D eigenvalue weighted by atomic mass is 9.92. The predicted molar refractivity (Wildman–Crippen MR) is 56.9 cm³/mol. The van der Waals surface area contributed by atoms with Crippen molar-refractivity contribution >= 4 is 5.91 Å². The summed E-state index contributed by atoms with van der Waals surface area (Å²) in [5.41, 5.74) is 1.49. The third-order valence-electron chi connectivity index (χ3n) is 3.26. The summed E-state index contributed by atoms with van der Waals surface area (Å²) in [4.78, 5) is 11.4. The van der Waals surface area contributed by atoms with E-state index in [-0.39, 0.29) is 5.91 Å². The molecule has 0 spiro atoms. The van der Waals surface area contributed by atoms with Crippen molar-refractivity contribution in [3.63, 3.8) is 0 Å². The first-order valence-corrected chi connectivity index (χ1v) is 5.84. The zero-order valence-electron chi connectivity index (χ0n) is 8.72. The van der Waals surface area contributed by atoms with Crippen LogP contribution in [0.1, 0.15) is 51.4 Å². The van der Waals surface area contributed by atoms with Crippen molar-refractivity contribution < 1.29 is 4.79 Å². The fraction of sp³-hybridized carbons (Fsp3) is 0.750. The Hall–Kier alpha value is -0.790. The van der Waals surface area contributed by atoms with Crippen molar-refractivity contribution in [1.29, 1.82) is 0 Å². The molecular formula is C12H19NO. The molecule has 2 nitrogen and oxygen atoms in total. The van der Waals surface area contributed by atoms with E-state index >= 15 is 0 Å². The van der Waals surface area contributed by atoms with E-state index in [0.717, 1.165) is 19.3 Å². The van der Waals surface area contributed by atoms with Crippen LogP contribution in [0.5, 0.6) is 0 Å². The fourth-order valence-electron chi connectivity index (χ4n) is 2.43. The summed E-state index contributed by atoms with van der Waals surface area (Å²) in [5, 5.41) is 3.14. The molecule has 1 fully saturated rings. The molecule has 1 amide bonds. The van der Waals surface area contributed by atoms with Crippen LogP contribution in [0, 0.1) is 0 Å². The molecular weight excluding hydrogens is 174 g/mol. The van der Waals surface area contributed by atoms with Gasteiger partial charge in [-0.2, -0.15) is 0 Å². The smallest absolute Gasteiger partial charge is 0.220 e. The summed E-state index contributed by atoms with van der Waals surface area (Å²) in [7, 11) is 0. The highest BCUT2D eigenvalue weighted by molar-refractivity contribution is 5.76. The minimum absolute atomic E-state index is 0.249. The number of nitrogens with one attached hydrogen (secondary N) is 1. The van der Waals surface area contributed by atoms with Crippen molar-refractivity contribution in [1.82, 2.24) is 5.32 Å². The maximum absolute atomic E-state index is 11.4. The van der Waals surface area contributed by atoms with Crippen molar-refractivity contribution in [2.45, 2.75) is 57.4 Å². The van der Waals surface area contributed by atoms with Gasteiger partial charge in [-0.15, -0.1) is 0 Å². The predicted octanol–water partition coefficient (Wildman–Crippen LogP) is 2.55. The van der Waals surface area contributed by atoms with E-state index in [1.165, 1.54) is 37.7 Å². The molecule has 1 aliphatic carbocycles. The summed E-state index contributed by atoms with van der Waals surface area (Å²) in [5.74, 6) is 0.249. The highest BCUT2D eigenvalue weighted by Crippen LogP contribution is 2.24. The first kappa shape index (κ1) is 9.75. The number of hydrogen-bond acceptors (Lipinski definition) is 1. The maximum atomic E-state index is 11.4. The van der Waals surface area contributed by atoms with Crippen molar-refractivity contribution in [2.75, 3.05) is 0 Å². The third kappa shape index (κ3) is 2.37. The molecule has 1 N–H and O–H groups in total. The number of carbonyl (C=O) groups is 1. The van der Waals surface area contributed by atoms with Crippen LogP contribution in [0.15, 0.2) is 11.6 Å². The Morgan fingerprint density at radius 1 is 1.14 bits per heavy atom. The van der Waals surface area contributed by atoms with Crippen LogP contribution < -0.4 is 5.32 Å². The molecule has 78 valence electrons. The first-order chi connectivity index (χ1) is 6.86. The number of carbonyl (C=O) groups excluding carboxylic acids is 1. The lowest BCUT2D eigenvalue weighted by Gasteiger charge is -2.22. The second kappa shape index (κ2) is 4.63. The van der Waals surface area contributed by atoms with Crippen LogP contribution >= 0.6 is 0 Å². The molecule has 1 heterocycles. The molecule has 0 aromatic heterocycles. The highest BCUT2D eigenvalue weighted by atomic mass is 16.1. The van der Waals surface area contributed by atoms with E-state index in [1.807, 2.05) is 0 Å². The zero-order chi connectivity index (χ0) is 9.80. The molecule has 1 aliphatic heterocycles. The van der Waals surface area contributed by atoms with Crippen molar-refractivity contribution in [2.24, 2.45) is 0 Å². The second-order valence-corrected chi connectivity index (χ2v) is 4.39. The highest BCUT2D eigenvalue weighted by Gasteiger charge is 2.20. The molecule has 14 heavy (non-hydrogen) atoms. The van der Waals surface area contributed by atoms with Crippen molar-refractivity contribution in [3.05, 3.63) is 11.6 Å². The van der Waals surface area contributed by atoms with Crippen LogP contribution in [0.25, 0.3) is 0 Å². The molecule has 1 atom stereocenters. The minimum atomic E-state index is 0.249. The molecule has 2 rings (SSSR count). The van der Waals surface area contributed by atoms with Crippen LogP contribution in [0.4, 0.5) is 0 Å². The Balaban J connectivity index is 2.00. The van der Waals surface area contributed by atoms with Crippen LogP contribution in [0.2, 0.25) is 0 Å². The van der Waals surface area contributed by atoms with Gasteiger partial charge in [0.2, 0.25) is 5.91 Å². The van der Waals surface area contributed by atoms with E-state index in [1.54, 1.807) is 0 Å². The SMILES string of the molecule is O=C1CCCCC(C2=CCCCC2)N1. The molecule has 0 radical (unpaired) electrons. The average Bonchev–Trinajstić information content (AvgIpc) is 2.44. The van der Waals surface area contributed by atoms with E-state index in [0.29, 0.717) is 6.04 Å². The minimum Gasteiger partial charge on any atom is -0.350 e. The van der Waals surface area contributed by atoms with Gasteiger partial charge in [-0.25, -0.2) is 0 Å². The van der Waals surface area contributed by atoms with E-state index in [2.05, 4.69) is 11.4 Å². The molecule has 0 aromatic carbocycles. The molecule has 0 bridgehead atoms. The maximum Gasteiger partial charge on any atom is 0.220 e. The van der Waals surface area contributed by atoms with E-state index in [9.17, 15) is 4.79 Å². The van der Waals surface area contributed by atoms with Gasteiger partial charge in [-0.05, 0) is 38.5 Å². The van der Waals surface area contributed by atoms with Gasteiger partial charge < -0.3 is 5.32 Å². The first-order valence-electron chi connectivity index (χ1n) is 5.84. The number of hydrogen-bond donors (Lipinski definition) is 1. The average molecular weight is 193 g/mol. The van der Waals surface area contributed by atoms with Crippen LogP contribution in [-0.4, -0.2) is 11.9 Å². The van der Waals surface area contributed by atoms with Gasteiger partial charge in [0.25, 0.3) is 0 Å². The Bertz CT molecular complexity index is 245. The van der Waals surface area contributed by atoms with E-state index in [4.69, 9.17) is 0 Å². The Morgan fingerprint density at radius 3 is 2.79 bits per heavy atom. The summed E-state index contributed by atoms with van der Waals surface area (Å²) in [6.07, 6.45) is 11.5. The third-order valence-corrected chi connectivity index (χ3v) is 3.26. The Kier molecular flexibility index (Phi) is 3.22. The second-order valence-electron chi connectivity index (χ2n) is 4.39. The van der Waals surface area contributed by atoms with Gasteiger partial charge >= 0.3 is 0 Å². The standard InChI is InChI=1S/C12H19NO/c14-12-9-5-4-8-11(13-12)10-6-2-1-3-7-10/h6,11H,1-5,7-9H2,(H,13,14). The number of allylic oxidation sites excluding steroid dienone is 1. The molecule has 1 saturated heterocycles. The van der Waals surface area contributed by atoms with Gasteiger partial charge in [0.1, 0.15) is 0 Å². The van der Waals surface area contributed by atoms with Gasteiger partial charge in [-0.3, -0.25) is 4.79 Å². The quantitative estimate of drug-likeness (QED) is 0.637. The Labute approximate surface area is 85.8 Å². The summed E-state index contributed by atoms with van der Waals surface area (Å²) >= 11 is 0. The monoisotopic (exact) mass is 193 g/mol. The number of rotatable bonds is 1. The summed E-state index contributed by atoms with van der Waals surface area (Å²) < 4.78 is 0. The molecule has 1 unspecified atom stereocenters. The van der Waals surface area contributed by atoms with E-state index < -0.39 is 0 Å². The molecule has 2 aliphatic rings. The lowest BCUT2D eigenvalue weighted by molar-refractivity contribution is -0.121. The molecule has 0 aromatic rings. The lowest BCUT2D eigenvalue weighted by Crippen LogP contribution is -2.34. The Morgan fingerprint density at radius 2 is 2.00 bits per heavy atom. The number of amides is 1. The summed E-state index contributed by atoms with van der Waals surface area (Å²) in [6, 6.07) is 0.366. The van der Waals surface area contributed by atoms with Gasteiger partial charge in [-0.1, -0.05) is 18.1 Å². The largest absolute Gasteiger partial charge is 0.350 e. The van der Waals surface area contributed by atoms with Crippen LogP contribution in [0.3, 0.4) is 0 Å². The molecule has 0 saturated carbocycles. The zero-order valence-corrected chi connectivity index (χ0v) is 8.72. The topological polar surface area (TPSA) is 29.1 Å². The van der Waals surface area contributed by atoms with Gasteiger partial charge in [0.15, 0.2) is 0 Å². The van der Waals surface area contributed by atoms with Crippen LogP contribution in [-0.2, 0) is 4.79 Å².